The van der Waals surface area contributed by atoms with Crippen LogP contribution in [0.3, 0.4) is 0 Å². The third-order valence-corrected chi connectivity index (χ3v) is 8.52. The number of fused-ring (bicyclic) bond motifs is 4. The molecule has 2 atom stereocenters. The van der Waals surface area contributed by atoms with Crippen LogP contribution in [0.2, 0.25) is 0 Å². The Hall–Kier alpha value is -1.55. The van der Waals surface area contributed by atoms with Gasteiger partial charge in [-0.1, -0.05) is 45.0 Å². The van der Waals surface area contributed by atoms with E-state index in [1.807, 2.05) is 18.7 Å². The van der Waals surface area contributed by atoms with Crippen molar-refractivity contribution in [3.05, 3.63) is 35.4 Å². The predicted octanol–water partition coefficient (Wildman–Crippen LogP) is 4.20. The second kappa shape index (κ2) is 6.48. The molecule has 2 fully saturated rings. The summed E-state index contributed by atoms with van der Waals surface area (Å²) in [6.45, 7) is 13.2. The minimum atomic E-state index is -0.656. The van der Waals surface area contributed by atoms with E-state index in [1.54, 1.807) is 0 Å². The number of hydrogen-bond acceptors (Lipinski definition) is 2. The average molecular weight is 385 g/mol. The van der Waals surface area contributed by atoms with E-state index in [4.69, 9.17) is 0 Å². The average Bonchev–Trinajstić information content (AvgIpc) is 2.64. The lowest BCUT2D eigenvalue weighted by atomic mass is 9.51. The summed E-state index contributed by atoms with van der Waals surface area (Å²) in [7, 11) is 0. The van der Waals surface area contributed by atoms with Crippen LogP contribution in [0.25, 0.3) is 0 Å². The minimum Gasteiger partial charge on any atom is -0.390 e. The topological polar surface area (TPSA) is 43.8 Å². The third kappa shape index (κ3) is 2.87. The Morgan fingerprint density at radius 3 is 2.39 bits per heavy atom. The standard InChI is InChI=1S/C24H36N2O2/c1-22(2)20-16-17-8-6-7-9-19(17)24(22,5)12-15-26(20)21(27)25-13-10-18(11-14-25)23(3,4)28/h6-9,18,20,28H,10-16H2,1-5H3/t20-,24+/m1/s1. The highest BCUT2D eigenvalue weighted by Crippen LogP contribution is 2.56. The normalized spacial score (nSPS) is 30.1. The van der Waals surface area contributed by atoms with E-state index in [2.05, 4.69) is 49.9 Å². The number of amides is 2. The van der Waals surface area contributed by atoms with Crippen LogP contribution >= 0.6 is 0 Å². The molecule has 4 heteroatoms. The van der Waals surface area contributed by atoms with Crippen molar-refractivity contribution in [1.29, 1.82) is 0 Å². The minimum absolute atomic E-state index is 0.0423. The van der Waals surface area contributed by atoms with Crippen molar-refractivity contribution in [3.63, 3.8) is 0 Å². The van der Waals surface area contributed by atoms with Gasteiger partial charge in [-0.3, -0.25) is 0 Å². The van der Waals surface area contributed by atoms with Gasteiger partial charge in [-0.2, -0.15) is 0 Å². The molecule has 2 saturated heterocycles. The summed E-state index contributed by atoms with van der Waals surface area (Å²) in [5.74, 6) is 0.277. The Morgan fingerprint density at radius 2 is 1.75 bits per heavy atom. The maximum absolute atomic E-state index is 13.5. The summed E-state index contributed by atoms with van der Waals surface area (Å²) >= 11 is 0. The molecule has 0 saturated carbocycles. The van der Waals surface area contributed by atoms with Crippen LogP contribution in [0.1, 0.15) is 65.0 Å². The van der Waals surface area contributed by atoms with Crippen LogP contribution in [0.15, 0.2) is 24.3 Å². The van der Waals surface area contributed by atoms with E-state index in [9.17, 15) is 9.90 Å². The van der Waals surface area contributed by atoms with E-state index in [1.165, 1.54) is 11.1 Å². The zero-order valence-electron chi connectivity index (χ0n) is 18.2. The molecule has 2 aliphatic heterocycles. The van der Waals surface area contributed by atoms with Gasteiger partial charge in [-0.15, -0.1) is 0 Å². The summed E-state index contributed by atoms with van der Waals surface area (Å²) in [5, 5.41) is 10.3. The summed E-state index contributed by atoms with van der Waals surface area (Å²) < 4.78 is 0. The van der Waals surface area contributed by atoms with Gasteiger partial charge in [0.1, 0.15) is 0 Å². The van der Waals surface area contributed by atoms with Gasteiger partial charge in [-0.25, -0.2) is 4.79 Å². The van der Waals surface area contributed by atoms with Crippen LogP contribution in [0.4, 0.5) is 4.79 Å². The molecule has 1 aliphatic carbocycles. The molecule has 154 valence electrons. The fourth-order valence-corrected chi connectivity index (χ4v) is 6.06. The molecule has 28 heavy (non-hydrogen) atoms. The molecule has 2 bridgehead atoms. The maximum atomic E-state index is 13.5. The molecule has 0 aromatic heterocycles. The zero-order valence-corrected chi connectivity index (χ0v) is 18.2. The fraction of sp³-hybridized carbons (Fsp3) is 0.708. The van der Waals surface area contributed by atoms with Gasteiger partial charge in [0.25, 0.3) is 0 Å². The number of carbonyl (C=O) groups is 1. The molecule has 1 aromatic carbocycles. The van der Waals surface area contributed by atoms with E-state index >= 15 is 0 Å². The van der Waals surface area contributed by atoms with Crippen molar-refractivity contribution in [2.75, 3.05) is 19.6 Å². The number of rotatable bonds is 1. The molecule has 4 nitrogen and oxygen atoms in total. The van der Waals surface area contributed by atoms with Gasteiger partial charge in [0.2, 0.25) is 0 Å². The molecule has 3 aliphatic rings. The largest absolute Gasteiger partial charge is 0.390 e. The first kappa shape index (κ1) is 19.8. The Morgan fingerprint density at radius 1 is 1.11 bits per heavy atom. The number of likely N-dealkylation sites (tertiary alicyclic amines) is 2. The molecule has 0 spiro atoms. The van der Waals surface area contributed by atoms with Crippen LogP contribution in [0, 0.1) is 11.3 Å². The first-order valence-electron chi connectivity index (χ1n) is 10.9. The molecular formula is C24H36N2O2. The summed E-state index contributed by atoms with van der Waals surface area (Å²) in [6.07, 6.45) is 3.74. The quantitative estimate of drug-likeness (QED) is 0.788. The number of benzene rings is 1. The Kier molecular flexibility index (Phi) is 4.57. The highest BCUT2D eigenvalue weighted by atomic mass is 16.3. The highest BCUT2D eigenvalue weighted by Gasteiger charge is 2.57. The summed E-state index contributed by atoms with van der Waals surface area (Å²) in [6, 6.07) is 9.27. The number of urea groups is 1. The Labute approximate surface area is 169 Å². The lowest BCUT2D eigenvalue weighted by molar-refractivity contribution is -0.0338. The maximum Gasteiger partial charge on any atom is 0.320 e. The second-order valence-electron chi connectivity index (χ2n) is 10.6. The number of aliphatic hydroxyl groups is 1. The van der Waals surface area contributed by atoms with Gasteiger partial charge < -0.3 is 14.9 Å². The van der Waals surface area contributed by atoms with Crippen LogP contribution in [0.5, 0.6) is 0 Å². The molecule has 4 rings (SSSR count). The lowest BCUT2D eigenvalue weighted by Crippen LogP contribution is -2.66. The predicted molar refractivity (Wildman–Crippen MR) is 112 cm³/mol. The molecule has 1 N–H and O–H groups in total. The van der Waals surface area contributed by atoms with Crippen LogP contribution < -0.4 is 0 Å². The van der Waals surface area contributed by atoms with E-state index in [0.717, 1.165) is 45.3 Å². The molecule has 2 heterocycles. The van der Waals surface area contributed by atoms with Gasteiger partial charge in [0, 0.05) is 31.1 Å². The van der Waals surface area contributed by atoms with Gasteiger partial charge in [-0.05, 0) is 62.0 Å². The van der Waals surface area contributed by atoms with Crippen molar-refractivity contribution < 1.29 is 9.90 Å². The Bertz CT molecular complexity index is 758. The monoisotopic (exact) mass is 384 g/mol. The van der Waals surface area contributed by atoms with Crippen LogP contribution in [-0.4, -0.2) is 52.2 Å². The first-order chi connectivity index (χ1) is 13.1. The molecule has 0 radical (unpaired) electrons. The van der Waals surface area contributed by atoms with Gasteiger partial charge in [0.15, 0.2) is 0 Å². The van der Waals surface area contributed by atoms with Gasteiger partial charge >= 0.3 is 6.03 Å². The zero-order chi connectivity index (χ0) is 20.3. The second-order valence-corrected chi connectivity index (χ2v) is 10.6. The van der Waals surface area contributed by atoms with Crippen molar-refractivity contribution in [2.45, 2.75) is 77.4 Å². The first-order valence-corrected chi connectivity index (χ1v) is 10.9. The molecule has 2 amide bonds. The van der Waals surface area contributed by atoms with Crippen molar-refractivity contribution in [3.8, 4) is 0 Å². The fourth-order valence-electron chi connectivity index (χ4n) is 6.06. The summed E-state index contributed by atoms with van der Waals surface area (Å²) in [4.78, 5) is 17.7. The highest BCUT2D eigenvalue weighted by molar-refractivity contribution is 5.75. The molecule has 1 aromatic rings. The Balaban J connectivity index is 1.56. The van der Waals surface area contributed by atoms with Crippen LogP contribution in [-0.2, 0) is 11.8 Å². The van der Waals surface area contributed by atoms with Crippen molar-refractivity contribution in [2.24, 2.45) is 11.3 Å². The van der Waals surface area contributed by atoms with Gasteiger partial charge in [0.05, 0.1) is 5.60 Å². The number of hydrogen-bond donors (Lipinski definition) is 1. The van der Waals surface area contributed by atoms with Crippen molar-refractivity contribution >= 4 is 6.03 Å². The smallest absolute Gasteiger partial charge is 0.320 e. The van der Waals surface area contributed by atoms with E-state index in [0.29, 0.717) is 0 Å². The SMILES string of the molecule is CC(C)(O)C1CCN(C(=O)N2CC[C@@]3(C)c4ccccc4C[C@@H]2C3(C)C)CC1. The number of carbonyl (C=O) groups excluding carboxylic acids is 1. The van der Waals surface area contributed by atoms with E-state index in [-0.39, 0.29) is 28.8 Å². The lowest BCUT2D eigenvalue weighted by Gasteiger charge is -2.61. The number of piperidine rings is 2. The molecule has 0 unspecified atom stereocenters. The molecular weight excluding hydrogens is 348 g/mol. The van der Waals surface area contributed by atoms with Crippen molar-refractivity contribution in [1.82, 2.24) is 9.80 Å². The number of nitrogens with zero attached hydrogens (tertiary/aromatic N) is 2. The third-order valence-electron chi connectivity index (χ3n) is 8.52. The van der Waals surface area contributed by atoms with E-state index < -0.39 is 5.60 Å². The summed E-state index contributed by atoms with van der Waals surface area (Å²) in [5.41, 5.74) is 2.39.